The fraction of sp³-hybridized carbons (Fsp3) is 0.684. The fourth-order valence-corrected chi connectivity index (χ4v) is 4.18. The van der Waals surface area contributed by atoms with E-state index in [4.69, 9.17) is 9.15 Å². The van der Waals surface area contributed by atoms with Gasteiger partial charge in [0.2, 0.25) is 11.7 Å². The first-order valence-electron chi connectivity index (χ1n) is 9.21. The Bertz CT molecular complexity index is 644. The van der Waals surface area contributed by atoms with E-state index in [1.54, 1.807) is 13.2 Å². The quantitative estimate of drug-likeness (QED) is 0.718. The van der Waals surface area contributed by atoms with Crippen LogP contribution >= 0.6 is 0 Å². The summed E-state index contributed by atoms with van der Waals surface area (Å²) in [6, 6.07) is 3.50. The number of likely N-dealkylation sites (tertiary alicyclic amines) is 2. The molecule has 0 N–H and O–H groups in total. The van der Waals surface area contributed by atoms with Crippen molar-refractivity contribution in [2.24, 2.45) is 5.41 Å². The maximum atomic E-state index is 12.2. The summed E-state index contributed by atoms with van der Waals surface area (Å²) in [5.41, 5.74) is 0.150. The Morgan fingerprint density at radius 1 is 1.27 bits per heavy atom. The molecule has 1 spiro atoms. The molecular weight excluding hydrogens is 336 g/mol. The Balaban J connectivity index is 1.62. The molecule has 0 aromatic carbocycles. The van der Waals surface area contributed by atoms with Crippen LogP contribution in [-0.4, -0.2) is 68.7 Å². The Labute approximate surface area is 154 Å². The van der Waals surface area contributed by atoms with Crippen LogP contribution in [-0.2, 0) is 20.8 Å². The minimum atomic E-state index is -0.453. The molecule has 2 fully saturated rings. The van der Waals surface area contributed by atoms with Gasteiger partial charge in [-0.15, -0.1) is 0 Å². The van der Waals surface area contributed by atoms with Crippen LogP contribution in [0.2, 0.25) is 0 Å². The molecule has 7 heteroatoms. The van der Waals surface area contributed by atoms with Crippen LogP contribution in [0.3, 0.4) is 0 Å². The largest absolute Gasteiger partial charge is 0.463 e. The number of rotatable bonds is 6. The van der Waals surface area contributed by atoms with E-state index in [1.165, 1.54) is 7.11 Å². The van der Waals surface area contributed by atoms with Crippen LogP contribution in [0.15, 0.2) is 16.5 Å². The number of hydrogen-bond acceptors (Lipinski definition) is 6. The first-order chi connectivity index (χ1) is 12.5. The molecule has 1 atom stereocenters. The van der Waals surface area contributed by atoms with E-state index in [0.29, 0.717) is 26.1 Å². The van der Waals surface area contributed by atoms with Gasteiger partial charge in [0.05, 0.1) is 20.3 Å². The Morgan fingerprint density at radius 3 is 2.88 bits per heavy atom. The van der Waals surface area contributed by atoms with E-state index >= 15 is 0 Å². The van der Waals surface area contributed by atoms with Gasteiger partial charge in [-0.3, -0.25) is 9.69 Å². The van der Waals surface area contributed by atoms with Crippen molar-refractivity contribution in [3.05, 3.63) is 23.7 Å². The average Bonchev–Trinajstić information content (AvgIpc) is 3.11. The SMILES string of the molecule is COCCN1CC2(CCCN(Cc3ccc(C(=O)OC)o3)C2)CCC1=O. The molecule has 3 rings (SSSR count). The third-order valence-electron chi connectivity index (χ3n) is 5.48. The number of hydrogen-bond donors (Lipinski definition) is 0. The summed E-state index contributed by atoms with van der Waals surface area (Å²) < 4.78 is 15.4. The summed E-state index contributed by atoms with van der Waals surface area (Å²) in [6.45, 7) is 4.66. The number of methoxy groups -OCH3 is 2. The van der Waals surface area contributed by atoms with E-state index in [9.17, 15) is 9.59 Å². The van der Waals surface area contributed by atoms with Crippen LogP contribution in [0, 0.1) is 5.41 Å². The molecule has 2 aliphatic rings. The molecule has 3 heterocycles. The molecular formula is C19H28N2O5. The highest BCUT2D eigenvalue weighted by atomic mass is 16.5. The lowest BCUT2D eigenvalue weighted by Crippen LogP contribution is -2.54. The Morgan fingerprint density at radius 2 is 2.12 bits per heavy atom. The summed E-state index contributed by atoms with van der Waals surface area (Å²) in [5, 5.41) is 0. The molecule has 2 saturated heterocycles. The normalized spacial score (nSPS) is 24.2. The maximum Gasteiger partial charge on any atom is 0.373 e. The van der Waals surface area contributed by atoms with E-state index < -0.39 is 5.97 Å². The molecule has 2 aliphatic heterocycles. The number of furan rings is 1. The summed E-state index contributed by atoms with van der Waals surface area (Å²) in [4.78, 5) is 28.1. The first-order valence-corrected chi connectivity index (χ1v) is 9.21. The van der Waals surface area contributed by atoms with Gasteiger partial charge in [-0.1, -0.05) is 0 Å². The highest BCUT2D eigenvalue weighted by Crippen LogP contribution is 2.39. The minimum absolute atomic E-state index is 0.150. The predicted molar refractivity (Wildman–Crippen MR) is 94.7 cm³/mol. The molecule has 1 aromatic heterocycles. The Hall–Kier alpha value is -1.86. The fourth-order valence-electron chi connectivity index (χ4n) is 4.18. The molecule has 1 amide bonds. The van der Waals surface area contributed by atoms with Crippen LogP contribution in [0.1, 0.15) is 42.0 Å². The number of piperidine rings is 2. The van der Waals surface area contributed by atoms with Gasteiger partial charge in [-0.25, -0.2) is 4.79 Å². The average molecular weight is 364 g/mol. The number of ether oxygens (including phenoxy) is 2. The number of amides is 1. The van der Waals surface area contributed by atoms with E-state index in [1.807, 2.05) is 11.0 Å². The standard InChI is InChI=1S/C19H28N2O5/c1-24-11-10-21-14-19(8-6-17(21)22)7-3-9-20(13-19)12-15-4-5-16(26-15)18(23)25-2/h4-5H,3,6-14H2,1-2H3. The molecule has 0 radical (unpaired) electrons. The highest BCUT2D eigenvalue weighted by Gasteiger charge is 2.41. The Kier molecular flexibility index (Phi) is 5.98. The van der Waals surface area contributed by atoms with Crippen molar-refractivity contribution in [2.45, 2.75) is 32.2 Å². The second-order valence-electron chi connectivity index (χ2n) is 7.38. The number of esters is 1. The van der Waals surface area contributed by atoms with Crippen molar-refractivity contribution in [1.82, 2.24) is 9.80 Å². The van der Waals surface area contributed by atoms with Gasteiger partial charge in [0.25, 0.3) is 0 Å². The highest BCUT2D eigenvalue weighted by molar-refractivity contribution is 5.86. The van der Waals surface area contributed by atoms with E-state index in [-0.39, 0.29) is 17.1 Å². The van der Waals surface area contributed by atoms with Gasteiger partial charge in [0.15, 0.2) is 0 Å². The van der Waals surface area contributed by atoms with Crippen LogP contribution in [0.4, 0.5) is 0 Å². The summed E-state index contributed by atoms with van der Waals surface area (Å²) in [7, 11) is 3.01. The van der Waals surface area contributed by atoms with Gasteiger partial charge in [-0.2, -0.15) is 0 Å². The maximum absolute atomic E-state index is 12.2. The second-order valence-corrected chi connectivity index (χ2v) is 7.38. The lowest BCUT2D eigenvalue weighted by atomic mass is 9.73. The third-order valence-corrected chi connectivity index (χ3v) is 5.48. The third kappa shape index (κ3) is 4.27. The van der Waals surface area contributed by atoms with Crippen molar-refractivity contribution >= 4 is 11.9 Å². The van der Waals surface area contributed by atoms with Crippen LogP contribution in [0.25, 0.3) is 0 Å². The van der Waals surface area contributed by atoms with Crippen molar-refractivity contribution in [1.29, 1.82) is 0 Å². The van der Waals surface area contributed by atoms with E-state index in [2.05, 4.69) is 9.64 Å². The van der Waals surface area contributed by atoms with Crippen LogP contribution < -0.4 is 0 Å². The molecule has 144 valence electrons. The summed E-state index contributed by atoms with van der Waals surface area (Å²) >= 11 is 0. The molecule has 7 nitrogen and oxygen atoms in total. The molecule has 1 unspecified atom stereocenters. The monoisotopic (exact) mass is 364 g/mol. The van der Waals surface area contributed by atoms with Gasteiger partial charge in [-0.05, 0) is 37.9 Å². The second kappa shape index (κ2) is 8.22. The predicted octanol–water partition coefficient (Wildman–Crippen LogP) is 1.92. The lowest BCUT2D eigenvalue weighted by Gasteiger charge is -2.48. The molecule has 0 bridgehead atoms. The number of nitrogens with zero attached hydrogens (tertiary/aromatic N) is 2. The van der Waals surface area contributed by atoms with Crippen LogP contribution in [0.5, 0.6) is 0 Å². The molecule has 1 aromatic rings. The zero-order chi connectivity index (χ0) is 18.6. The van der Waals surface area contributed by atoms with Gasteiger partial charge >= 0.3 is 5.97 Å². The zero-order valence-electron chi connectivity index (χ0n) is 15.7. The number of carbonyl (C=O) groups excluding carboxylic acids is 2. The zero-order valence-corrected chi connectivity index (χ0v) is 15.7. The molecule has 0 saturated carbocycles. The minimum Gasteiger partial charge on any atom is -0.463 e. The number of carbonyl (C=O) groups is 2. The summed E-state index contributed by atoms with van der Waals surface area (Å²) in [6.07, 6.45) is 3.81. The topological polar surface area (TPSA) is 72.2 Å². The lowest BCUT2D eigenvalue weighted by molar-refractivity contribution is -0.140. The molecule has 0 aliphatic carbocycles. The first kappa shape index (κ1) is 18.9. The van der Waals surface area contributed by atoms with Gasteiger partial charge < -0.3 is 18.8 Å². The van der Waals surface area contributed by atoms with E-state index in [0.717, 1.165) is 44.7 Å². The van der Waals surface area contributed by atoms with Crippen molar-refractivity contribution < 1.29 is 23.5 Å². The summed E-state index contributed by atoms with van der Waals surface area (Å²) in [5.74, 6) is 0.790. The van der Waals surface area contributed by atoms with Crippen molar-refractivity contribution in [3.63, 3.8) is 0 Å². The smallest absolute Gasteiger partial charge is 0.373 e. The van der Waals surface area contributed by atoms with Gasteiger partial charge in [0, 0.05) is 38.6 Å². The molecule has 26 heavy (non-hydrogen) atoms. The van der Waals surface area contributed by atoms with Crippen molar-refractivity contribution in [2.75, 3.05) is 47.0 Å². The van der Waals surface area contributed by atoms with Gasteiger partial charge in [0.1, 0.15) is 5.76 Å². The van der Waals surface area contributed by atoms with Crippen molar-refractivity contribution in [3.8, 4) is 0 Å².